The number of benzene rings is 1. The molecule has 0 spiro atoms. The van der Waals surface area contributed by atoms with Crippen molar-refractivity contribution < 1.29 is 3.79 Å². The van der Waals surface area contributed by atoms with Crippen LogP contribution in [0.15, 0.2) is 40.9 Å². The first-order valence-electron chi connectivity index (χ1n) is 4.60. The third kappa shape index (κ3) is 2.46. The number of rotatable bonds is 2. The van der Waals surface area contributed by atoms with Gasteiger partial charge in [-0.1, -0.05) is 22.0 Å². The average Bonchev–Trinajstić information content (AvgIpc) is 2.29. The second kappa shape index (κ2) is 5.01. The van der Waals surface area contributed by atoms with E-state index in [4.69, 9.17) is 10.7 Å². The van der Waals surface area contributed by atoms with Crippen LogP contribution < -0.4 is 3.79 Å². The highest BCUT2D eigenvalue weighted by atomic mass is 79.9. The maximum atomic E-state index is 5.66. The fourth-order valence-corrected chi connectivity index (χ4v) is 1.97. The Kier molecular flexibility index (Phi) is 3.65. The molecule has 2 nitrogen and oxygen atoms in total. The predicted molar refractivity (Wildman–Crippen MR) is 67.2 cm³/mol. The van der Waals surface area contributed by atoms with Gasteiger partial charge in [0.2, 0.25) is 0 Å². The van der Waals surface area contributed by atoms with Crippen molar-refractivity contribution in [1.29, 1.82) is 0 Å². The van der Waals surface area contributed by atoms with Gasteiger partial charge in [0.1, 0.15) is 0 Å². The molecule has 2 rings (SSSR count). The minimum atomic E-state index is 0.493. The summed E-state index contributed by atoms with van der Waals surface area (Å²) in [4.78, 5) is 4.26. The van der Waals surface area contributed by atoms with Gasteiger partial charge in [-0.2, -0.15) is 0 Å². The monoisotopic (exact) mass is 287 g/mol. The van der Waals surface area contributed by atoms with Gasteiger partial charge in [-0.3, -0.25) is 4.98 Å². The van der Waals surface area contributed by atoms with Gasteiger partial charge in [-0.05, 0) is 30.3 Å². The van der Waals surface area contributed by atoms with Gasteiger partial charge >= 0.3 is 16.6 Å². The highest BCUT2D eigenvalue weighted by molar-refractivity contribution is 9.10. The number of aromatic nitrogens is 1. The minimum Gasteiger partial charge on any atom is -0.653 e. The van der Waals surface area contributed by atoms with Crippen LogP contribution in [0, 0.1) is 6.92 Å². The third-order valence-corrected chi connectivity index (χ3v) is 2.86. The van der Waals surface area contributed by atoms with Crippen LogP contribution in [-0.2, 0) is 0 Å². The van der Waals surface area contributed by atoms with E-state index >= 15 is 0 Å². The molecule has 0 amide bonds. The van der Waals surface area contributed by atoms with E-state index in [0.29, 0.717) is 5.69 Å². The number of hydrogen-bond acceptors (Lipinski definition) is 2. The van der Waals surface area contributed by atoms with Gasteiger partial charge in [0.05, 0.1) is 11.4 Å². The molecule has 1 aromatic heterocycles. The summed E-state index contributed by atoms with van der Waals surface area (Å²) >= 11 is 5.65. The molecule has 4 heteroatoms. The van der Waals surface area contributed by atoms with E-state index < -0.39 is 0 Å². The van der Waals surface area contributed by atoms with Crippen LogP contribution in [0.4, 0.5) is 0 Å². The number of pyridine rings is 1. The third-order valence-electron chi connectivity index (χ3n) is 2.12. The SMILES string of the molecule is [CH]c1cccc(-c2cc(Br)ccc2[O][Al])n1. The molecule has 0 aliphatic heterocycles. The fraction of sp³-hybridized carbons (Fsp3) is 0. The van der Waals surface area contributed by atoms with Crippen molar-refractivity contribution in [1.82, 2.24) is 4.98 Å². The van der Waals surface area contributed by atoms with Crippen LogP contribution >= 0.6 is 15.9 Å². The maximum Gasteiger partial charge on any atom is 0.482 e. The van der Waals surface area contributed by atoms with Crippen LogP contribution in [0.1, 0.15) is 5.69 Å². The summed E-state index contributed by atoms with van der Waals surface area (Å²) in [5, 5.41) is 0. The lowest BCUT2D eigenvalue weighted by Gasteiger charge is -2.10. The lowest BCUT2D eigenvalue weighted by molar-refractivity contribution is 0.618. The zero-order chi connectivity index (χ0) is 11.5. The second-order valence-corrected chi connectivity index (χ2v) is 4.36. The molecule has 2 aromatic rings. The summed E-state index contributed by atoms with van der Waals surface area (Å²) in [6, 6.07) is 11.2. The van der Waals surface area contributed by atoms with Crippen molar-refractivity contribution in [2.45, 2.75) is 0 Å². The molecule has 16 heavy (non-hydrogen) atoms. The zero-order valence-corrected chi connectivity index (χ0v) is 11.1. The van der Waals surface area contributed by atoms with E-state index in [9.17, 15) is 0 Å². The molecule has 4 radical (unpaired) electrons. The van der Waals surface area contributed by atoms with Crippen LogP contribution in [0.3, 0.4) is 0 Å². The maximum absolute atomic E-state index is 5.66. The lowest BCUT2D eigenvalue weighted by Crippen LogP contribution is -1.92. The van der Waals surface area contributed by atoms with E-state index in [2.05, 4.69) is 37.5 Å². The second-order valence-electron chi connectivity index (χ2n) is 3.21. The summed E-state index contributed by atoms with van der Waals surface area (Å²) < 4.78 is 6.18. The van der Waals surface area contributed by atoms with Crippen molar-refractivity contribution in [3.63, 3.8) is 0 Å². The van der Waals surface area contributed by atoms with Crippen LogP contribution in [0.2, 0.25) is 0 Å². The van der Waals surface area contributed by atoms with Crippen LogP contribution in [0.5, 0.6) is 5.75 Å². The zero-order valence-electron chi connectivity index (χ0n) is 8.35. The normalized spacial score (nSPS) is 10.1. The van der Waals surface area contributed by atoms with E-state index in [-0.39, 0.29) is 0 Å². The van der Waals surface area contributed by atoms with Crippen molar-refractivity contribution >= 4 is 32.6 Å². The molecule has 76 valence electrons. The van der Waals surface area contributed by atoms with E-state index in [0.717, 1.165) is 21.5 Å². The van der Waals surface area contributed by atoms with E-state index in [1.807, 2.05) is 30.3 Å². The minimum absolute atomic E-state index is 0.493. The molecular formula is C12H7AlBrNO. The van der Waals surface area contributed by atoms with Gasteiger partial charge in [0.15, 0.2) is 0 Å². The van der Waals surface area contributed by atoms with Crippen LogP contribution in [-0.4, -0.2) is 21.6 Å². The first-order chi connectivity index (χ1) is 7.70. The molecule has 0 bridgehead atoms. The number of hydrogen-bond donors (Lipinski definition) is 0. The van der Waals surface area contributed by atoms with Gasteiger partial charge in [-0.25, -0.2) is 0 Å². The first kappa shape index (κ1) is 11.7. The number of nitrogens with zero attached hydrogens (tertiary/aromatic N) is 1. The largest absolute Gasteiger partial charge is 0.653 e. The van der Waals surface area contributed by atoms with Gasteiger partial charge in [0, 0.05) is 22.7 Å². The van der Waals surface area contributed by atoms with Crippen molar-refractivity contribution in [2.24, 2.45) is 0 Å². The van der Waals surface area contributed by atoms with Crippen molar-refractivity contribution in [3.05, 3.63) is 53.5 Å². The molecule has 0 unspecified atom stereocenters. The van der Waals surface area contributed by atoms with Gasteiger partial charge in [-0.15, -0.1) is 0 Å². The Hall–Kier alpha value is -0.818. The molecule has 0 aliphatic carbocycles. The summed E-state index contributed by atoms with van der Waals surface area (Å²) in [5.41, 5.74) is 2.18. The molecule has 0 atom stereocenters. The average molecular weight is 288 g/mol. The topological polar surface area (TPSA) is 22.1 Å². The standard InChI is InChI=1S/C12H8BrNO.Al/c1-8-3-2-4-11(14-8)10-7-9(13)5-6-12(10)15;/h1-7,15H;/q;+1/p-1. The Morgan fingerprint density at radius 2 is 2.06 bits per heavy atom. The smallest absolute Gasteiger partial charge is 0.482 e. The first-order valence-corrected chi connectivity index (χ1v) is 5.86. The summed E-state index contributed by atoms with van der Waals surface area (Å²) in [6.07, 6.45) is 0. The number of halogens is 1. The molecule has 0 aliphatic rings. The lowest BCUT2D eigenvalue weighted by atomic mass is 10.1. The Morgan fingerprint density at radius 1 is 1.25 bits per heavy atom. The molecule has 0 N–H and O–H groups in total. The summed E-state index contributed by atoms with van der Waals surface area (Å²) in [5.74, 6) is 0.742. The Labute approximate surface area is 112 Å². The van der Waals surface area contributed by atoms with E-state index in [1.54, 1.807) is 6.07 Å². The highest BCUT2D eigenvalue weighted by Gasteiger charge is 2.06. The van der Waals surface area contributed by atoms with Gasteiger partial charge in [0.25, 0.3) is 0 Å². The highest BCUT2D eigenvalue weighted by Crippen LogP contribution is 2.31. The quantitative estimate of drug-likeness (QED) is 0.792. The molecule has 1 aromatic carbocycles. The molecule has 1 heterocycles. The van der Waals surface area contributed by atoms with E-state index in [1.165, 1.54) is 0 Å². The summed E-state index contributed by atoms with van der Waals surface area (Å²) in [7, 11) is 0. The Balaban J connectivity index is 2.58. The summed E-state index contributed by atoms with van der Waals surface area (Å²) in [6.45, 7) is 5.66. The van der Waals surface area contributed by atoms with Gasteiger partial charge < -0.3 is 3.79 Å². The van der Waals surface area contributed by atoms with Crippen LogP contribution in [0.25, 0.3) is 11.3 Å². The predicted octanol–water partition coefficient (Wildman–Crippen LogP) is 3.03. The molecular weight excluding hydrogens is 281 g/mol. The van der Waals surface area contributed by atoms with Crippen molar-refractivity contribution in [2.75, 3.05) is 0 Å². The molecule has 0 saturated carbocycles. The fourth-order valence-electron chi connectivity index (χ4n) is 1.41. The molecule has 0 saturated heterocycles. The Bertz CT molecular complexity index is 516. The molecule has 0 fully saturated rings. The van der Waals surface area contributed by atoms with Crippen molar-refractivity contribution in [3.8, 4) is 17.0 Å². The Morgan fingerprint density at radius 3 is 2.75 bits per heavy atom.